The van der Waals surface area contributed by atoms with Crippen molar-refractivity contribution < 1.29 is 14.7 Å². The second-order valence-electron chi connectivity index (χ2n) is 6.11. The van der Waals surface area contributed by atoms with Crippen LogP contribution in [0.2, 0.25) is 0 Å². The number of hydrogen-bond acceptors (Lipinski definition) is 2. The van der Waals surface area contributed by atoms with Crippen molar-refractivity contribution in [1.29, 1.82) is 0 Å². The number of carboxylic acid groups (broad SMARTS) is 1. The first-order chi connectivity index (χ1) is 10.7. The Kier molecular flexibility index (Phi) is 15.4. The van der Waals surface area contributed by atoms with Gasteiger partial charge in [-0.25, -0.2) is 0 Å². The van der Waals surface area contributed by atoms with Crippen LogP contribution in [0.4, 0.5) is 0 Å². The van der Waals surface area contributed by atoms with E-state index in [1.807, 2.05) is 0 Å². The maximum absolute atomic E-state index is 11.0. The molecular weight excluding hydrogens is 276 g/mol. The predicted molar refractivity (Wildman–Crippen MR) is 92.1 cm³/mol. The van der Waals surface area contributed by atoms with Crippen molar-refractivity contribution in [3.8, 4) is 0 Å². The van der Waals surface area contributed by atoms with Crippen molar-refractivity contribution in [2.75, 3.05) is 0 Å². The second-order valence-corrected chi connectivity index (χ2v) is 6.11. The first-order valence-corrected chi connectivity index (χ1v) is 9.06. The van der Waals surface area contributed by atoms with E-state index < -0.39 is 5.97 Å². The molecule has 1 N–H and O–H groups in total. The van der Waals surface area contributed by atoms with Crippen molar-refractivity contribution in [1.82, 2.24) is 0 Å². The van der Waals surface area contributed by atoms with Crippen LogP contribution in [0.5, 0.6) is 0 Å². The summed E-state index contributed by atoms with van der Waals surface area (Å²) in [6.07, 6.45) is 17.9. The molecule has 0 aliphatic heterocycles. The van der Waals surface area contributed by atoms with Gasteiger partial charge in [0.2, 0.25) is 0 Å². The molecule has 0 radical (unpaired) electrons. The van der Waals surface area contributed by atoms with Gasteiger partial charge in [0, 0.05) is 6.42 Å². The smallest absolute Gasteiger partial charge is 0.303 e. The Labute approximate surface area is 136 Å². The molecule has 0 saturated heterocycles. The number of hydrogen-bond donors (Lipinski definition) is 1. The highest BCUT2D eigenvalue weighted by atomic mass is 16.4. The van der Waals surface area contributed by atoms with Gasteiger partial charge in [-0.15, -0.1) is 0 Å². The van der Waals surface area contributed by atoms with E-state index in [4.69, 9.17) is 5.11 Å². The molecule has 0 unspecified atom stereocenters. The molecule has 3 heteroatoms. The van der Waals surface area contributed by atoms with E-state index in [-0.39, 0.29) is 6.42 Å². The van der Waals surface area contributed by atoms with E-state index >= 15 is 0 Å². The van der Waals surface area contributed by atoms with Crippen LogP contribution in [0.25, 0.3) is 0 Å². The zero-order valence-electron chi connectivity index (χ0n) is 14.3. The lowest BCUT2D eigenvalue weighted by atomic mass is 10.0. The number of unbranched alkanes of at least 4 members (excludes halogenated alkanes) is 10. The van der Waals surface area contributed by atoms with E-state index in [2.05, 4.69) is 13.0 Å². The van der Waals surface area contributed by atoms with Gasteiger partial charge in [-0.05, 0) is 37.7 Å². The van der Waals surface area contributed by atoms with Crippen LogP contribution in [0, 0.1) is 0 Å². The molecule has 0 aliphatic rings. The monoisotopic (exact) mass is 310 g/mol. The Morgan fingerprint density at radius 2 is 1.36 bits per heavy atom. The van der Waals surface area contributed by atoms with Crippen LogP contribution in [0.15, 0.2) is 11.6 Å². The first kappa shape index (κ1) is 20.9. The molecule has 22 heavy (non-hydrogen) atoms. The highest BCUT2D eigenvalue weighted by Gasteiger charge is 1.98. The van der Waals surface area contributed by atoms with Gasteiger partial charge in [0.1, 0.15) is 6.29 Å². The van der Waals surface area contributed by atoms with Crippen molar-refractivity contribution in [3.05, 3.63) is 11.6 Å². The summed E-state index contributed by atoms with van der Waals surface area (Å²) in [5.74, 6) is -0.701. The molecule has 0 bridgehead atoms. The van der Waals surface area contributed by atoms with E-state index in [1.165, 1.54) is 32.1 Å². The standard InChI is InChI=1S/C19H34O3/c1-2-3-4-5-8-11-14-18(17-20)15-12-9-6-7-10-13-16-19(21)22/h15,17H,2-14,16H2,1H3,(H,21,22). The molecule has 0 heterocycles. The molecule has 0 aliphatic carbocycles. The molecule has 0 amide bonds. The average Bonchev–Trinajstić information content (AvgIpc) is 2.50. The number of carbonyl (C=O) groups is 2. The summed E-state index contributed by atoms with van der Waals surface area (Å²) in [4.78, 5) is 21.4. The Morgan fingerprint density at radius 3 is 1.95 bits per heavy atom. The van der Waals surface area contributed by atoms with E-state index in [0.717, 1.165) is 63.2 Å². The van der Waals surface area contributed by atoms with E-state index in [9.17, 15) is 9.59 Å². The third kappa shape index (κ3) is 15.3. The summed E-state index contributed by atoms with van der Waals surface area (Å²) in [5, 5.41) is 8.53. The Bertz CT molecular complexity index is 308. The summed E-state index contributed by atoms with van der Waals surface area (Å²) in [6, 6.07) is 0. The van der Waals surface area contributed by atoms with Crippen LogP contribution in [0.3, 0.4) is 0 Å². The quantitative estimate of drug-likeness (QED) is 0.227. The minimum atomic E-state index is -0.701. The Balaban J connectivity index is 3.50. The zero-order valence-corrected chi connectivity index (χ0v) is 14.3. The molecule has 128 valence electrons. The van der Waals surface area contributed by atoms with Gasteiger partial charge >= 0.3 is 5.97 Å². The van der Waals surface area contributed by atoms with Gasteiger partial charge in [-0.3, -0.25) is 9.59 Å². The lowest BCUT2D eigenvalue weighted by Crippen LogP contribution is -1.93. The lowest BCUT2D eigenvalue weighted by molar-refractivity contribution is -0.137. The van der Waals surface area contributed by atoms with Crippen LogP contribution in [0.1, 0.15) is 96.8 Å². The number of carboxylic acids is 1. The topological polar surface area (TPSA) is 54.4 Å². The SMILES string of the molecule is CCCCCCCCC(C=O)=CCCCCCCCC(=O)O. The van der Waals surface area contributed by atoms with Gasteiger partial charge in [-0.1, -0.05) is 64.4 Å². The zero-order chi connectivity index (χ0) is 16.5. The van der Waals surface area contributed by atoms with Crippen molar-refractivity contribution in [3.63, 3.8) is 0 Å². The molecule has 0 saturated carbocycles. The normalized spacial score (nSPS) is 11.6. The van der Waals surface area contributed by atoms with Gasteiger partial charge in [0.05, 0.1) is 0 Å². The van der Waals surface area contributed by atoms with Gasteiger partial charge in [0.15, 0.2) is 0 Å². The molecule has 0 fully saturated rings. The number of allylic oxidation sites excluding steroid dienone is 2. The summed E-state index contributed by atoms with van der Waals surface area (Å²) >= 11 is 0. The molecule has 0 rings (SSSR count). The van der Waals surface area contributed by atoms with Crippen molar-refractivity contribution in [2.24, 2.45) is 0 Å². The van der Waals surface area contributed by atoms with E-state index in [1.54, 1.807) is 0 Å². The summed E-state index contributed by atoms with van der Waals surface area (Å²) < 4.78 is 0. The number of rotatable bonds is 16. The third-order valence-electron chi connectivity index (χ3n) is 3.97. The molecule has 0 aromatic rings. The Morgan fingerprint density at radius 1 is 0.818 bits per heavy atom. The summed E-state index contributed by atoms with van der Waals surface area (Å²) in [7, 11) is 0. The molecule has 0 aromatic heterocycles. The van der Waals surface area contributed by atoms with Crippen LogP contribution in [-0.2, 0) is 9.59 Å². The molecular formula is C19H34O3. The van der Waals surface area contributed by atoms with Crippen molar-refractivity contribution in [2.45, 2.75) is 96.8 Å². The Hall–Kier alpha value is -1.12. The van der Waals surface area contributed by atoms with Crippen molar-refractivity contribution >= 4 is 12.3 Å². The fourth-order valence-electron chi connectivity index (χ4n) is 2.56. The fourth-order valence-corrected chi connectivity index (χ4v) is 2.56. The second kappa shape index (κ2) is 16.3. The van der Waals surface area contributed by atoms with Crippen LogP contribution in [-0.4, -0.2) is 17.4 Å². The highest BCUT2D eigenvalue weighted by Crippen LogP contribution is 2.13. The average molecular weight is 310 g/mol. The minimum Gasteiger partial charge on any atom is -0.481 e. The van der Waals surface area contributed by atoms with Crippen LogP contribution >= 0.6 is 0 Å². The van der Waals surface area contributed by atoms with E-state index in [0.29, 0.717) is 0 Å². The largest absolute Gasteiger partial charge is 0.481 e. The first-order valence-electron chi connectivity index (χ1n) is 9.06. The predicted octanol–water partition coefficient (Wildman–Crippen LogP) is 5.68. The molecule has 0 atom stereocenters. The number of carbonyl (C=O) groups excluding carboxylic acids is 1. The number of aliphatic carboxylic acids is 1. The van der Waals surface area contributed by atoms with Gasteiger partial charge < -0.3 is 5.11 Å². The minimum absolute atomic E-state index is 0.285. The maximum Gasteiger partial charge on any atom is 0.303 e. The third-order valence-corrected chi connectivity index (χ3v) is 3.97. The van der Waals surface area contributed by atoms with Crippen LogP contribution < -0.4 is 0 Å². The van der Waals surface area contributed by atoms with Gasteiger partial charge in [-0.2, -0.15) is 0 Å². The summed E-state index contributed by atoms with van der Waals surface area (Å²) in [6.45, 7) is 2.22. The number of aldehydes is 1. The molecule has 3 nitrogen and oxygen atoms in total. The fraction of sp³-hybridized carbons (Fsp3) is 0.789. The lowest BCUT2D eigenvalue weighted by Gasteiger charge is -2.02. The summed E-state index contributed by atoms with van der Waals surface area (Å²) in [5.41, 5.74) is 0.960. The molecule has 0 aromatic carbocycles. The molecule has 0 spiro atoms. The van der Waals surface area contributed by atoms with Gasteiger partial charge in [0.25, 0.3) is 0 Å². The highest BCUT2D eigenvalue weighted by molar-refractivity contribution is 5.72. The maximum atomic E-state index is 11.0.